The van der Waals surface area contributed by atoms with Crippen molar-refractivity contribution < 1.29 is 4.74 Å². The van der Waals surface area contributed by atoms with Crippen LogP contribution in [0, 0.1) is 0 Å². The molecule has 3 rings (SSSR count). The number of morpholine rings is 1. The molecule has 0 aromatic carbocycles. The predicted molar refractivity (Wildman–Crippen MR) is 62.7 cm³/mol. The number of halogens is 1. The van der Waals surface area contributed by atoms with Gasteiger partial charge in [-0.2, -0.15) is 0 Å². The summed E-state index contributed by atoms with van der Waals surface area (Å²) in [5, 5.41) is 8.93. The number of rotatable bonds is 2. The van der Waals surface area contributed by atoms with Gasteiger partial charge in [-0.1, -0.05) is 11.3 Å². The van der Waals surface area contributed by atoms with Crippen LogP contribution in [0.2, 0.25) is 4.47 Å². The van der Waals surface area contributed by atoms with Crippen LogP contribution in [0.5, 0.6) is 0 Å². The summed E-state index contributed by atoms with van der Waals surface area (Å²) >= 11 is 7.27. The van der Waals surface area contributed by atoms with Crippen LogP contribution < -0.4 is 0 Å². The molecule has 2 fully saturated rings. The van der Waals surface area contributed by atoms with Gasteiger partial charge in [0.25, 0.3) is 0 Å². The second-order valence-corrected chi connectivity index (χ2v) is 5.97. The molecule has 1 aromatic rings. The van der Waals surface area contributed by atoms with E-state index in [-0.39, 0.29) is 0 Å². The van der Waals surface area contributed by atoms with Crippen LogP contribution >= 0.6 is 22.9 Å². The highest BCUT2D eigenvalue weighted by molar-refractivity contribution is 7.15. The Morgan fingerprint density at radius 1 is 1.44 bits per heavy atom. The van der Waals surface area contributed by atoms with E-state index >= 15 is 0 Å². The third kappa shape index (κ3) is 2.09. The fraction of sp³-hybridized carbons (Fsp3) is 0.800. The highest BCUT2D eigenvalue weighted by Gasteiger charge is 2.36. The average molecular weight is 260 g/mol. The second kappa shape index (κ2) is 4.56. The molecule has 0 spiro atoms. The van der Waals surface area contributed by atoms with Gasteiger partial charge >= 0.3 is 0 Å². The Hall–Kier alpha value is -0.230. The minimum atomic E-state index is 0.442. The summed E-state index contributed by atoms with van der Waals surface area (Å²) in [6, 6.07) is 0.580. The molecule has 88 valence electrons. The molecule has 2 heterocycles. The maximum Gasteiger partial charge on any atom is 0.207 e. The molecule has 2 unspecified atom stereocenters. The Morgan fingerprint density at radius 3 is 3.19 bits per heavy atom. The lowest BCUT2D eigenvalue weighted by molar-refractivity contribution is -0.0588. The molecule has 1 aromatic heterocycles. The van der Waals surface area contributed by atoms with Gasteiger partial charge in [0.15, 0.2) is 0 Å². The summed E-state index contributed by atoms with van der Waals surface area (Å²) < 4.78 is 6.31. The second-order valence-electron chi connectivity index (χ2n) is 4.33. The molecule has 0 N–H and O–H groups in total. The first-order valence-corrected chi connectivity index (χ1v) is 6.86. The van der Waals surface area contributed by atoms with Crippen molar-refractivity contribution in [2.75, 3.05) is 13.2 Å². The van der Waals surface area contributed by atoms with E-state index in [2.05, 4.69) is 15.1 Å². The van der Waals surface area contributed by atoms with Crippen molar-refractivity contribution in [3.8, 4) is 0 Å². The van der Waals surface area contributed by atoms with Crippen molar-refractivity contribution in [1.82, 2.24) is 15.1 Å². The molecule has 6 heteroatoms. The number of fused-ring (bicyclic) bond motifs is 1. The lowest BCUT2D eigenvalue weighted by atomic mass is 10.1. The van der Waals surface area contributed by atoms with Crippen LogP contribution in [0.15, 0.2) is 0 Å². The summed E-state index contributed by atoms with van der Waals surface area (Å²) in [4.78, 5) is 2.47. The molecule has 1 saturated heterocycles. The molecule has 4 nitrogen and oxygen atoms in total. The van der Waals surface area contributed by atoms with E-state index in [1.54, 1.807) is 0 Å². The first kappa shape index (κ1) is 10.9. The predicted octanol–water partition coefficient (Wildman–Crippen LogP) is 1.94. The van der Waals surface area contributed by atoms with E-state index in [0.29, 0.717) is 16.6 Å². The first-order chi connectivity index (χ1) is 7.83. The minimum absolute atomic E-state index is 0.442. The van der Waals surface area contributed by atoms with E-state index in [1.807, 2.05) is 0 Å². The smallest absolute Gasteiger partial charge is 0.207 e. The van der Waals surface area contributed by atoms with Gasteiger partial charge in [-0.15, -0.1) is 10.2 Å². The lowest BCUT2D eigenvalue weighted by Crippen LogP contribution is -2.47. The summed E-state index contributed by atoms with van der Waals surface area (Å²) in [6.45, 7) is 2.71. The van der Waals surface area contributed by atoms with E-state index < -0.39 is 0 Å². The average Bonchev–Trinajstić information content (AvgIpc) is 2.87. The number of aromatic nitrogens is 2. The first-order valence-electron chi connectivity index (χ1n) is 5.66. The van der Waals surface area contributed by atoms with Crippen molar-refractivity contribution in [2.45, 2.75) is 38.0 Å². The zero-order chi connectivity index (χ0) is 11.0. The number of hydrogen-bond acceptors (Lipinski definition) is 5. The molecule has 16 heavy (non-hydrogen) atoms. The van der Waals surface area contributed by atoms with Gasteiger partial charge < -0.3 is 4.74 Å². The van der Waals surface area contributed by atoms with Crippen LogP contribution in [0.25, 0.3) is 0 Å². The van der Waals surface area contributed by atoms with Gasteiger partial charge in [0.2, 0.25) is 4.47 Å². The molecule has 1 aliphatic heterocycles. The van der Waals surface area contributed by atoms with E-state index in [0.717, 1.165) is 24.7 Å². The fourth-order valence-corrected chi connectivity index (χ4v) is 3.57. The standard InChI is InChI=1S/C10H14ClN3OS/c11-10-13-12-9(16-10)6-14-4-5-15-8-3-1-2-7(8)14/h7-8H,1-6H2. The Labute approximate surface area is 104 Å². The van der Waals surface area contributed by atoms with E-state index in [9.17, 15) is 0 Å². The highest BCUT2D eigenvalue weighted by Crippen LogP contribution is 2.31. The molecule has 0 amide bonds. The van der Waals surface area contributed by atoms with Gasteiger partial charge in [0.1, 0.15) is 5.01 Å². The van der Waals surface area contributed by atoms with Crippen LogP contribution in [0.3, 0.4) is 0 Å². The fourth-order valence-electron chi connectivity index (χ4n) is 2.67. The Kier molecular flexibility index (Phi) is 3.11. The van der Waals surface area contributed by atoms with Gasteiger partial charge in [-0.25, -0.2) is 0 Å². The third-order valence-corrected chi connectivity index (χ3v) is 4.38. The van der Waals surface area contributed by atoms with E-state index in [4.69, 9.17) is 16.3 Å². The molecule has 0 radical (unpaired) electrons. The van der Waals surface area contributed by atoms with Crippen LogP contribution in [0.1, 0.15) is 24.3 Å². The minimum Gasteiger partial charge on any atom is -0.375 e. The zero-order valence-corrected chi connectivity index (χ0v) is 10.5. The quantitative estimate of drug-likeness (QED) is 0.814. The molecule has 0 bridgehead atoms. The Balaban J connectivity index is 1.69. The van der Waals surface area contributed by atoms with Crippen molar-refractivity contribution in [3.05, 3.63) is 9.47 Å². The maximum absolute atomic E-state index is 5.79. The van der Waals surface area contributed by atoms with Crippen molar-refractivity contribution in [3.63, 3.8) is 0 Å². The van der Waals surface area contributed by atoms with Gasteiger partial charge in [-0.3, -0.25) is 4.90 Å². The highest BCUT2D eigenvalue weighted by atomic mass is 35.5. The van der Waals surface area contributed by atoms with E-state index in [1.165, 1.54) is 30.6 Å². The molecule has 1 saturated carbocycles. The third-order valence-electron chi connectivity index (χ3n) is 3.38. The Morgan fingerprint density at radius 2 is 2.38 bits per heavy atom. The monoisotopic (exact) mass is 259 g/mol. The number of ether oxygens (including phenoxy) is 1. The zero-order valence-electron chi connectivity index (χ0n) is 8.93. The normalized spacial score (nSPS) is 30.6. The molecular formula is C10H14ClN3OS. The molecule has 2 atom stereocenters. The van der Waals surface area contributed by atoms with Gasteiger partial charge in [0, 0.05) is 12.6 Å². The number of hydrogen-bond donors (Lipinski definition) is 0. The van der Waals surface area contributed by atoms with Crippen LogP contribution in [-0.2, 0) is 11.3 Å². The largest absolute Gasteiger partial charge is 0.375 e. The van der Waals surface area contributed by atoms with Crippen LogP contribution in [-0.4, -0.2) is 40.4 Å². The summed E-state index contributed by atoms with van der Waals surface area (Å²) in [7, 11) is 0. The van der Waals surface area contributed by atoms with Crippen molar-refractivity contribution >= 4 is 22.9 Å². The summed E-state index contributed by atoms with van der Waals surface area (Å²) in [6.07, 6.45) is 4.18. The SMILES string of the molecule is Clc1nnc(CN2CCOC3CCCC32)s1. The molecule has 1 aliphatic carbocycles. The number of nitrogens with zero attached hydrogens (tertiary/aromatic N) is 3. The van der Waals surface area contributed by atoms with Gasteiger partial charge in [-0.05, 0) is 30.9 Å². The summed E-state index contributed by atoms with van der Waals surface area (Å²) in [5.74, 6) is 0. The van der Waals surface area contributed by atoms with Crippen molar-refractivity contribution in [1.29, 1.82) is 0 Å². The summed E-state index contributed by atoms with van der Waals surface area (Å²) in [5.41, 5.74) is 0. The lowest BCUT2D eigenvalue weighted by Gasteiger charge is -2.36. The molecular weight excluding hydrogens is 246 g/mol. The van der Waals surface area contributed by atoms with Gasteiger partial charge in [0.05, 0.1) is 19.3 Å². The molecule has 2 aliphatic rings. The van der Waals surface area contributed by atoms with Crippen LogP contribution in [0.4, 0.5) is 0 Å². The topological polar surface area (TPSA) is 38.2 Å². The Bertz CT molecular complexity index is 373. The maximum atomic E-state index is 5.79. The van der Waals surface area contributed by atoms with Crippen molar-refractivity contribution in [2.24, 2.45) is 0 Å².